The van der Waals surface area contributed by atoms with Crippen molar-refractivity contribution in [3.05, 3.63) is 23.8 Å². The van der Waals surface area contributed by atoms with Crippen molar-refractivity contribution in [1.29, 1.82) is 0 Å². The number of hydrogen-bond acceptors (Lipinski definition) is 4. The molecular formula is C30H43N3O2. The fraction of sp³-hybridized carbons (Fsp3) is 0.767. The Morgan fingerprint density at radius 2 is 1.83 bits per heavy atom. The molecule has 0 unspecified atom stereocenters. The van der Waals surface area contributed by atoms with Gasteiger partial charge >= 0.3 is 0 Å². The molecular weight excluding hydrogens is 434 g/mol. The third-order valence-corrected chi connectivity index (χ3v) is 11.6. The van der Waals surface area contributed by atoms with Gasteiger partial charge in [0.15, 0.2) is 5.78 Å². The molecule has 0 aliphatic heterocycles. The number of nitrogens with zero attached hydrogens (tertiary/aromatic N) is 3. The predicted molar refractivity (Wildman–Crippen MR) is 138 cm³/mol. The maximum Gasteiger partial charge on any atom is 0.159 e. The van der Waals surface area contributed by atoms with E-state index in [-0.39, 0.29) is 11.3 Å². The van der Waals surface area contributed by atoms with Gasteiger partial charge in [-0.2, -0.15) is 15.0 Å². The van der Waals surface area contributed by atoms with E-state index in [4.69, 9.17) is 0 Å². The Bertz CT molecular complexity index is 1140. The molecule has 6 rings (SSSR count). The van der Waals surface area contributed by atoms with E-state index in [0.29, 0.717) is 29.6 Å². The quantitative estimate of drug-likeness (QED) is 0.577. The molecule has 2 aromatic rings. The van der Waals surface area contributed by atoms with Gasteiger partial charge in [0, 0.05) is 5.92 Å². The standard InChI is InChI=1S/C30H43N3O2/c1-5-30-15-14-28(3,35)17-20(30)7-8-21-22-9-10-24(29(22,4)13-12-23(21)30)27(34)18-33-31-25-11-6-19(2)16-26(25)32-33/h6,11,16,20-24,35H,5,7-10,12-15,17-18H2,1-4H3/t20-,21+,22+,23+,24-,28-,29+,30+/m1/s1. The fourth-order valence-corrected chi connectivity index (χ4v) is 9.86. The highest BCUT2D eigenvalue weighted by Gasteiger charge is 2.62. The van der Waals surface area contributed by atoms with Crippen LogP contribution in [-0.4, -0.2) is 31.5 Å². The Kier molecular flexibility index (Phi) is 5.49. The predicted octanol–water partition coefficient (Wildman–Crippen LogP) is 6.11. The van der Waals surface area contributed by atoms with Gasteiger partial charge in [0.25, 0.3) is 0 Å². The number of ketones is 1. The normalized spacial score (nSPS) is 42.9. The Hall–Kier alpha value is -1.75. The second-order valence-electron chi connectivity index (χ2n) is 13.3. The summed E-state index contributed by atoms with van der Waals surface area (Å²) >= 11 is 0. The number of hydrogen-bond donors (Lipinski definition) is 1. The number of fused-ring (bicyclic) bond motifs is 6. The lowest BCUT2D eigenvalue weighted by molar-refractivity contribution is -0.158. The number of benzene rings is 1. The largest absolute Gasteiger partial charge is 0.390 e. The van der Waals surface area contributed by atoms with Crippen LogP contribution in [0.5, 0.6) is 0 Å². The molecule has 0 saturated heterocycles. The number of carbonyl (C=O) groups excluding carboxylic acids is 1. The second kappa shape index (κ2) is 8.13. The van der Waals surface area contributed by atoms with Crippen LogP contribution in [0.1, 0.15) is 90.5 Å². The van der Waals surface area contributed by atoms with Crippen molar-refractivity contribution < 1.29 is 9.90 Å². The minimum Gasteiger partial charge on any atom is -0.390 e. The van der Waals surface area contributed by atoms with Gasteiger partial charge in [-0.1, -0.05) is 19.9 Å². The first-order valence-electron chi connectivity index (χ1n) is 14.2. The fourth-order valence-electron chi connectivity index (χ4n) is 9.86. The molecule has 4 aliphatic carbocycles. The summed E-state index contributed by atoms with van der Waals surface area (Å²) in [6, 6.07) is 6.09. The third-order valence-electron chi connectivity index (χ3n) is 11.6. The summed E-state index contributed by atoms with van der Waals surface area (Å²) < 4.78 is 0. The van der Waals surface area contributed by atoms with E-state index in [0.717, 1.165) is 42.1 Å². The summed E-state index contributed by atoms with van der Waals surface area (Å²) in [6.07, 6.45) is 11.6. The van der Waals surface area contributed by atoms with Crippen molar-refractivity contribution >= 4 is 16.8 Å². The minimum atomic E-state index is -0.478. The highest BCUT2D eigenvalue weighted by molar-refractivity contribution is 5.82. The maximum atomic E-state index is 13.7. The van der Waals surface area contributed by atoms with Crippen LogP contribution in [-0.2, 0) is 11.3 Å². The van der Waals surface area contributed by atoms with Gasteiger partial charge in [0.1, 0.15) is 17.6 Å². The van der Waals surface area contributed by atoms with Crippen LogP contribution in [0.25, 0.3) is 11.0 Å². The highest BCUT2D eigenvalue weighted by atomic mass is 16.3. The van der Waals surface area contributed by atoms with E-state index in [1.165, 1.54) is 50.5 Å². The topological polar surface area (TPSA) is 68.0 Å². The molecule has 0 amide bonds. The van der Waals surface area contributed by atoms with Gasteiger partial charge in [-0.15, -0.1) is 0 Å². The number of carbonyl (C=O) groups is 1. The summed E-state index contributed by atoms with van der Waals surface area (Å²) in [7, 11) is 0. The number of aromatic nitrogens is 3. The average Bonchev–Trinajstić information content (AvgIpc) is 3.37. The van der Waals surface area contributed by atoms with Crippen molar-refractivity contribution in [1.82, 2.24) is 15.0 Å². The molecule has 4 saturated carbocycles. The monoisotopic (exact) mass is 477 g/mol. The van der Waals surface area contributed by atoms with Gasteiger partial charge in [-0.05, 0) is 130 Å². The first-order valence-corrected chi connectivity index (χ1v) is 14.2. The van der Waals surface area contributed by atoms with Crippen LogP contribution < -0.4 is 0 Å². The van der Waals surface area contributed by atoms with Crippen molar-refractivity contribution in [3.8, 4) is 0 Å². The number of Topliss-reactive ketones (excluding diaryl/α,β-unsaturated/α-hetero) is 1. The van der Waals surface area contributed by atoms with Crippen molar-refractivity contribution in [2.24, 2.45) is 40.4 Å². The van der Waals surface area contributed by atoms with Gasteiger partial charge < -0.3 is 5.11 Å². The molecule has 5 heteroatoms. The van der Waals surface area contributed by atoms with E-state index in [9.17, 15) is 9.90 Å². The molecule has 1 N–H and O–H groups in total. The van der Waals surface area contributed by atoms with Crippen molar-refractivity contribution in [2.75, 3.05) is 0 Å². The summed E-state index contributed by atoms with van der Waals surface area (Å²) in [5, 5.41) is 20.1. The molecule has 1 aromatic carbocycles. The molecule has 5 nitrogen and oxygen atoms in total. The molecule has 8 atom stereocenters. The first-order chi connectivity index (χ1) is 16.6. The maximum absolute atomic E-state index is 13.7. The van der Waals surface area contributed by atoms with Crippen LogP contribution in [0.3, 0.4) is 0 Å². The van der Waals surface area contributed by atoms with Crippen LogP contribution in [0, 0.1) is 47.3 Å². The molecule has 35 heavy (non-hydrogen) atoms. The average molecular weight is 478 g/mol. The van der Waals surface area contributed by atoms with Crippen molar-refractivity contribution in [2.45, 2.75) is 104 Å². The lowest BCUT2D eigenvalue weighted by atomic mass is 9.42. The van der Waals surface area contributed by atoms with E-state index in [1.807, 2.05) is 12.1 Å². The summed E-state index contributed by atoms with van der Waals surface area (Å²) in [5.41, 5.74) is 2.96. The molecule has 1 heterocycles. The highest BCUT2D eigenvalue weighted by Crippen LogP contribution is 2.69. The molecule has 4 fully saturated rings. The van der Waals surface area contributed by atoms with E-state index >= 15 is 0 Å². The summed E-state index contributed by atoms with van der Waals surface area (Å²) in [4.78, 5) is 15.3. The van der Waals surface area contributed by atoms with Gasteiger partial charge in [0.2, 0.25) is 0 Å². The zero-order valence-corrected chi connectivity index (χ0v) is 22.1. The number of rotatable bonds is 4. The Labute approximate surface area is 210 Å². The van der Waals surface area contributed by atoms with E-state index in [1.54, 1.807) is 4.80 Å². The Morgan fingerprint density at radius 3 is 2.63 bits per heavy atom. The molecule has 0 spiro atoms. The first kappa shape index (κ1) is 23.6. The Morgan fingerprint density at radius 1 is 1.03 bits per heavy atom. The summed E-state index contributed by atoms with van der Waals surface area (Å²) in [5.74, 6) is 3.32. The number of aryl methyl sites for hydroxylation is 1. The van der Waals surface area contributed by atoms with Gasteiger partial charge in [-0.3, -0.25) is 4.79 Å². The molecule has 0 radical (unpaired) electrons. The zero-order valence-electron chi connectivity index (χ0n) is 22.1. The molecule has 0 bridgehead atoms. The smallest absolute Gasteiger partial charge is 0.159 e. The van der Waals surface area contributed by atoms with Crippen molar-refractivity contribution in [3.63, 3.8) is 0 Å². The van der Waals surface area contributed by atoms with Crippen LogP contribution in [0.4, 0.5) is 0 Å². The molecule has 190 valence electrons. The van der Waals surface area contributed by atoms with Crippen LogP contribution >= 0.6 is 0 Å². The molecule has 4 aliphatic rings. The summed E-state index contributed by atoms with van der Waals surface area (Å²) in [6.45, 7) is 9.27. The SMILES string of the molecule is CC[C@]12CC[C@@](C)(O)C[C@H]1CC[C@H]1[C@@H]3CC[C@H](C(=O)Cn4nc5ccc(C)cc5n4)[C@@]3(C)CC[C@@H]12. The molecule has 1 aromatic heterocycles. The minimum absolute atomic E-state index is 0.114. The third kappa shape index (κ3) is 3.62. The van der Waals surface area contributed by atoms with Gasteiger partial charge in [-0.25, -0.2) is 0 Å². The zero-order chi connectivity index (χ0) is 24.6. The Balaban J connectivity index is 1.22. The second-order valence-corrected chi connectivity index (χ2v) is 13.3. The van der Waals surface area contributed by atoms with Gasteiger partial charge in [0.05, 0.1) is 5.60 Å². The van der Waals surface area contributed by atoms with Crippen LogP contribution in [0.2, 0.25) is 0 Å². The lowest BCUT2D eigenvalue weighted by Crippen LogP contribution is -2.56. The lowest BCUT2D eigenvalue weighted by Gasteiger charge is -2.63. The van der Waals surface area contributed by atoms with E-state index < -0.39 is 5.60 Å². The number of aliphatic hydroxyl groups is 1. The van der Waals surface area contributed by atoms with E-state index in [2.05, 4.69) is 44.0 Å². The van der Waals surface area contributed by atoms with Crippen LogP contribution in [0.15, 0.2) is 18.2 Å².